The molecule has 0 aliphatic carbocycles. The Hall–Kier alpha value is -4.04. The molecule has 0 atom stereocenters. The van der Waals surface area contributed by atoms with Crippen molar-refractivity contribution in [3.8, 4) is 22.5 Å². The molecule has 0 saturated carbocycles. The van der Waals surface area contributed by atoms with Gasteiger partial charge < -0.3 is 0 Å². The highest BCUT2D eigenvalue weighted by molar-refractivity contribution is 5.63. The van der Waals surface area contributed by atoms with Crippen molar-refractivity contribution in [2.45, 2.75) is 41.5 Å². The summed E-state index contributed by atoms with van der Waals surface area (Å²) in [5, 5.41) is 0. The first-order chi connectivity index (χ1) is 17.3. The van der Waals surface area contributed by atoms with Gasteiger partial charge in [-0.25, -0.2) is 9.97 Å². The van der Waals surface area contributed by atoms with E-state index in [1.165, 1.54) is 38.9 Å². The number of nitrogens with zero attached hydrogens (tertiary/aromatic N) is 2. The van der Waals surface area contributed by atoms with Crippen LogP contribution < -0.4 is 0 Å². The van der Waals surface area contributed by atoms with Crippen LogP contribution in [0, 0.1) is 41.5 Å². The van der Waals surface area contributed by atoms with Crippen LogP contribution in [0.1, 0.15) is 33.4 Å². The van der Waals surface area contributed by atoms with Gasteiger partial charge in [0.15, 0.2) is 5.82 Å². The Kier molecular flexibility index (Phi) is 9.71. The van der Waals surface area contributed by atoms with E-state index in [9.17, 15) is 0 Å². The topological polar surface area (TPSA) is 25.8 Å². The van der Waals surface area contributed by atoms with Crippen LogP contribution >= 0.6 is 0 Å². The molecule has 1 aromatic heterocycles. The summed E-state index contributed by atoms with van der Waals surface area (Å²) in [5.74, 6) is 0.788. The third kappa shape index (κ3) is 8.63. The summed E-state index contributed by atoms with van der Waals surface area (Å²) in [6.07, 6.45) is 3.67. The van der Waals surface area contributed by atoms with Crippen molar-refractivity contribution in [1.82, 2.24) is 9.97 Å². The number of rotatable bonds is 2. The highest BCUT2D eigenvalue weighted by Gasteiger charge is 1.99. The second-order valence-corrected chi connectivity index (χ2v) is 9.34. The van der Waals surface area contributed by atoms with Crippen molar-refractivity contribution in [3.63, 3.8) is 0 Å². The molecule has 0 aliphatic rings. The smallest absolute Gasteiger partial charge is 0.159 e. The quantitative estimate of drug-likeness (QED) is 0.256. The lowest BCUT2D eigenvalue weighted by molar-refractivity contribution is 1.14. The summed E-state index contributed by atoms with van der Waals surface area (Å²) in [6.45, 7) is 12.5. The normalized spacial score (nSPS) is 9.94. The molecular weight excluding hydrogens is 436 g/mol. The maximum atomic E-state index is 4.27. The van der Waals surface area contributed by atoms with Gasteiger partial charge in [0.05, 0.1) is 0 Å². The van der Waals surface area contributed by atoms with Crippen molar-refractivity contribution in [1.29, 1.82) is 0 Å². The molecule has 36 heavy (non-hydrogen) atoms. The summed E-state index contributed by atoms with van der Waals surface area (Å²) in [5.41, 5.74) is 11.2. The molecule has 0 amide bonds. The van der Waals surface area contributed by atoms with E-state index in [0.717, 1.165) is 17.0 Å². The Bertz CT molecular complexity index is 1120. The van der Waals surface area contributed by atoms with Gasteiger partial charge in [0.25, 0.3) is 0 Å². The zero-order valence-electron chi connectivity index (χ0n) is 22.3. The van der Waals surface area contributed by atoms with Crippen molar-refractivity contribution in [2.24, 2.45) is 0 Å². The first-order valence-corrected chi connectivity index (χ1v) is 12.3. The Balaban J connectivity index is 0.000000157. The largest absolute Gasteiger partial charge is 0.236 e. The number of aryl methyl sites for hydroxylation is 6. The molecule has 0 radical (unpaired) electrons. The molecule has 0 aliphatic heterocycles. The molecule has 4 aromatic carbocycles. The third-order valence-corrected chi connectivity index (χ3v) is 5.75. The number of hydrogen-bond donors (Lipinski definition) is 0. The van der Waals surface area contributed by atoms with Gasteiger partial charge in [-0.3, -0.25) is 0 Å². The molecule has 182 valence electrons. The Morgan fingerprint density at radius 1 is 0.306 bits per heavy atom. The van der Waals surface area contributed by atoms with E-state index in [0.29, 0.717) is 0 Å². The van der Waals surface area contributed by atoms with E-state index in [2.05, 4.69) is 130 Å². The second kappa shape index (κ2) is 13.2. The molecular formula is C34H36N2. The van der Waals surface area contributed by atoms with Gasteiger partial charge in [-0.15, -0.1) is 0 Å². The predicted molar refractivity (Wildman–Crippen MR) is 154 cm³/mol. The maximum Gasteiger partial charge on any atom is 0.159 e. The summed E-state index contributed by atoms with van der Waals surface area (Å²) in [4.78, 5) is 8.53. The number of benzene rings is 4. The average molecular weight is 473 g/mol. The first-order valence-electron chi connectivity index (χ1n) is 12.3. The van der Waals surface area contributed by atoms with Crippen LogP contribution in [0.3, 0.4) is 0 Å². The van der Waals surface area contributed by atoms with Crippen molar-refractivity contribution in [3.05, 3.63) is 143 Å². The fourth-order valence-electron chi connectivity index (χ4n) is 3.37. The van der Waals surface area contributed by atoms with Crippen LogP contribution in [-0.4, -0.2) is 9.97 Å². The fraction of sp³-hybridized carbons (Fsp3) is 0.176. The summed E-state index contributed by atoms with van der Waals surface area (Å²) < 4.78 is 0. The third-order valence-electron chi connectivity index (χ3n) is 5.75. The van der Waals surface area contributed by atoms with Gasteiger partial charge in [0.1, 0.15) is 0 Å². The minimum absolute atomic E-state index is 0.788. The van der Waals surface area contributed by atoms with Gasteiger partial charge in [0, 0.05) is 18.0 Å². The molecule has 2 heteroatoms. The van der Waals surface area contributed by atoms with Crippen molar-refractivity contribution in [2.75, 3.05) is 0 Å². The van der Waals surface area contributed by atoms with Crippen LogP contribution in [0.2, 0.25) is 0 Å². The summed E-state index contributed by atoms with van der Waals surface area (Å²) in [7, 11) is 0. The van der Waals surface area contributed by atoms with E-state index < -0.39 is 0 Å². The molecule has 2 nitrogen and oxygen atoms in total. The lowest BCUT2D eigenvalue weighted by Gasteiger charge is -2.02. The molecule has 0 saturated heterocycles. The van der Waals surface area contributed by atoms with Gasteiger partial charge >= 0.3 is 0 Å². The monoisotopic (exact) mass is 472 g/mol. The predicted octanol–water partition coefficient (Wildman–Crippen LogP) is 9.03. The van der Waals surface area contributed by atoms with Gasteiger partial charge in [0.2, 0.25) is 0 Å². The zero-order chi connectivity index (χ0) is 25.9. The Morgan fingerprint density at radius 2 is 0.556 bits per heavy atom. The molecule has 0 fully saturated rings. The second-order valence-electron chi connectivity index (χ2n) is 9.34. The van der Waals surface area contributed by atoms with Crippen LogP contribution in [0.4, 0.5) is 0 Å². The Labute approximate surface area is 216 Å². The van der Waals surface area contributed by atoms with Gasteiger partial charge in [-0.1, -0.05) is 125 Å². The Morgan fingerprint density at radius 3 is 0.861 bits per heavy atom. The molecule has 0 N–H and O–H groups in total. The van der Waals surface area contributed by atoms with Crippen molar-refractivity contribution < 1.29 is 0 Å². The number of hydrogen-bond acceptors (Lipinski definition) is 2. The van der Waals surface area contributed by atoms with Crippen molar-refractivity contribution >= 4 is 0 Å². The standard InChI is InChI=1S/C14H14.C12H12N2.C8H10/c1-11-3-7-13(8-4-11)14-9-5-12(2)6-10-14;1-9-3-5-11(6-4-9)12-13-7-10(2)8-14-12;1-7-3-5-8(2)6-4-7/h3-10H,1-2H3;3-8H,1-2H3;3-6H,1-2H3. The molecule has 0 unspecified atom stereocenters. The summed E-state index contributed by atoms with van der Waals surface area (Å²) in [6, 6.07) is 34.0. The van der Waals surface area contributed by atoms with Crippen LogP contribution in [0.25, 0.3) is 22.5 Å². The van der Waals surface area contributed by atoms with E-state index in [1.807, 2.05) is 31.5 Å². The van der Waals surface area contributed by atoms with Crippen LogP contribution in [-0.2, 0) is 0 Å². The highest BCUT2D eigenvalue weighted by Crippen LogP contribution is 2.20. The lowest BCUT2D eigenvalue weighted by atomic mass is 10.0. The first kappa shape index (κ1) is 26.6. The van der Waals surface area contributed by atoms with Crippen LogP contribution in [0.15, 0.2) is 109 Å². The maximum absolute atomic E-state index is 4.27. The van der Waals surface area contributed by atoms with Crippen LogP contribution in [0.5, 0.6) is 0 Å². The highest BCUT2D eigenvalue weighted by atomic mass is 14.9. The molecule has 5 rings (SSSR count). The fourth-order valence-corrected chi connectivity index (χ4v) is 3.37. The molecule has 1 heterocycles. The summed E-state index contributed by atoms with van der Waals surface area (Å²) >= 11 is 0. The molecule has 0 bridgehead atoms. The van der Waals surface area contributed by atoms with E-state index >= 15 is 0 Å². The minimum atomic E-state index is 0.788. The van der Waals surface area contributed by atoms with E-state index in [-0.39, 0.29) is 0 Å². The van der Waals surface area contributed by atoms with Gasteiger partial charge in [-0.2, -0.15) is 0 Å². The van der Waals surface area contributed by atoms with E-state index in [1.54, 1.807) is 0 Å². The lowest BCUT2D eigenvalue weighted by Crippen LogP contribution is -1.88. The zero-order valence-corrected chi connectivity index (χ0v) is 22.3. The molecule has 5 aromatic rings. The number of aromatic nitrogens is 2. The SMILES string of the molecule is Cc1ccc(-c2ccc(C)cc2)cc1.Cc1ccc(-c2ncc(C)cn2)cc1.Cc1ccc(C)cc1. The average Bonchev–Trinajstić information content (AvgIpc) is 2.89. The van der Waals surface area contributed by atoms with E-state index in [4.69, 9.17) is 0 Å². The molecule has 0 spiro atoms. The van der Waals surface area contributed by atoms with Gasteiger partial charge in [-0.05, 0) is 58.2 Å². The minimum Gasteiger partial charge on any atom is -0.236 e.